The Morgan fingerprint density at radius 3 is 2.70 bits per heavy atom. The number of hydrogen-bond acceptors (Lipinski definition) is 6. The molecular weight excluding hydrogens is 465 g/mol. The summed E-state index contributed by atoms with van der Waals surface area (Å²) in [5.74, 6) is 1.19. The van der Waals surface area contributed by atoms with Gasteiger partial charge in [0.15, 0.2) is 0 Å². The van der Waals surface area contributed by atoms with Gasteiger partial charge in [-0.25, -0.2) is 0 Å². The molecule has 2 aromatic carbocycles. The Kier molecular flexibility index (Phi) is 7.17. The van der Waals surface area contributed by atoms with Crippen molar-refractivity contribution in [2.24, 2.45) is 11.8 Å². The van der Waals surface area contributed by atoms with Crippen molar-refractivity contribution in [3.05, 3.63) is 47.5 Å². The lowest BCUT2D eigenvalue weighted by Gasteiger charge is -2.41. The lowest BCUT2D eigenvalue weighted by atomic mass is 9.72. The lowest BCUT2D eigenvalue weighted by Crippen LogP contribution is -2.50. The zero-order chi connectivity index (χ0) is 22.1. The van der Waals surface area contributed by atoms with E-state index in [-0.39, 0.29) is 18.5 Å². The second-order valence-corrected chi connectivity index (χ2v) is 8.94. The van der Waals surface area contributed by atoms with E-state index in [1.807, 2.05) is 42.5 Å². The first-order chi connectivity index (χ1) is 15.6. The number of H-pyrrole nitrogens is 1. The molecule has 1 saturated carbocycles. The van der Waals surface area contributed by atoms with Crippen LogP contribution in [0.15, 0.2) is 42.5 Å². The third kappa shape index (κ3) is 4.98. The average molecular weight is 490 g/mol. The highest BCUT2D eigenvalue weighted by Crippen LogP contribution is 2.40. The van der Waals surface area contributed by atoms with Gasteiger partial charge in [0.25, 0.3) is 0 Å². The summed E-state index contributed by atoms with van der Waals surface area (Å²) in [6, 6.07) is 13.1. The molecule has 2 fully saturated rings. The van der Waals surface area contributed by atoms with Crippen LogP contribution in [0.4, 0.5) is 0 Å². The smallest absolute Gasteiger partial charge is 0.320 e. The van der Waals surface area contributed by atoms with Crippen LogP contribution in [0.3, 0.4) is 0 Å². The van der Waals surface area contributed by atoms with Gasteiger partial charge in [0.1, 0.15) is 11.8 Å². The number of fused-ring (bicyclic) bond motifs is 1. The molecule has 0 unspecified atom stereocenters. The number of hydrogen-bond donors (Lipinski definition) is 3. The highest BCUT2D eigenvalue weighted by Gasteiger charge is 2.38. The zero-order valence-electron chi connectivity index (χ0n) is 17.8. The predicted molar refractivity (Wildman–Crippen MR) is 127 cm³/mol. The molecule has 1 aliphatic heterocycles. The predicted octanol–water partition coefficient (Wildman–Crippen LogP) is 4.22. The van der Waals surface area contributed by atoms with Gasteiger partial charge >= 0.3 is 5.97 Å². The third-order valence-corrected chi connectivity index (χ3v) is 6.93. The van der Waals surface area contributed by atoms with E-state index in [9.17, 15) is 9.90 Å². The van der Waals surface area contributed by atoms with Crippen molar-refractivity contribution in [3.63, 3.8) is 0 Å². The molecule has 10 heteroatoms. The summed E-state index contributed by atoms with van der Waals surface area (Å²) in [6.45, 7) is 0.754. The lowest BCUT2D eigenvalue weighted by molar-refractivity contribution is -0.141. The summed E-state index contributed by atoms with van der Waals surface area (Å²) >= 11 is 6.42. The number of aromatic nitrogens is 4. The number of nitrogens with zero attached hydrogens (tertiary/aromatic N) is 3. The highest BCUT2D eigenvalue weighted by molar-refractivity contribution is 6.33. The van der Waals surface area contributed by atoms with E-state index < -0.39 is 12.0 Å². The second kappa shape index (κ2) is 10.1. The van der Waals surface area contributed by atoms with Crippen molar-refractivity contribution in [1.82, 2.24) is 25.9 Å². The molecule has 0 radical (unpaired) electrons. The van der Waals surface area contributed by atoms with Gasteiger partial charge in [-0.05, 0) is 73.0 Å². The largest absolute Gasteiger partial charge is 0.490 e. The monoisotopic (exact) mass is 489 g/mol. The van der Waals surface area contributed by atoms with E-state index >= 15 is 0 Å². The van der Waals surface area contributed by atoms with Gasteiger partial charge in [-0.1, -0.05) is 35.9 Å². The fourth-order valence-corrected chi connectivity index (χ4v) is 5.18. The van der Waals surface area contributed by atoms with Crippen LogP contribution in [-0.4, -0.2) is 50.4 Å². The first-order valence-corrected chi connectivity index (χ1v) is 11.2. The van der Waals surface area contributed by atoms with Crippen LogP contribution in [-0.2, 0) is 4.79 Å². The van der Waals surface area contributed by atoms with Gasteiger partial charge < -0.3 is 15.2 Å². The number of aliphatic carboxylic acids is 1. The molecule has 174 valence electrons. The molecule has 0 spiro atoms. The second-order valence-electron chi connectivity index (χ2n) is 8.53. The molecule has 1 saturated heterocycles. The molecule has 33 heavy (non-hydrogen) atoms. The van der Waals surface area contributed by atoms with Gasteiger partial charge in [0, 0.05) is 10.6 Å². The van der Waals surface area contributed by atoms with Gasteiger partial charge in [-0.2, -0.15) is 5.21 Å². The minimum Gasteiger partial charge on any atom is -0.490 e. The number of carboxylic acids is 1. The first kappa shape index (κ1) is 23.5. The molecular formula is C23H25Cl2N5O3. The number of carboxylic acid groups (broad SMARTS) is 1. The molecule has 2 heterocycles. The first-order valence-electron chi connectivity index (χ1n) is 10.8. The molecule has 4 atom stereocenters. The van der Waals surface area contributed by atoms with Crippen LogP contribution in [0.25, 0.3) is 22.5 Å². The Balaban J connectivity index is 0.00000259. The van der Waals surface area contributed by atoms with Gasteiger partial charge in [0.05, 0.1) is 11.7 Å². The summed E-state index contributed by atoms with van der Waals surface area (Å²) in [4.78, 5) is 11.4. The van der Waals surface area contributed by atoms with Crippen molar-refractivity contribution < 1.29 is 14.6 Å². The average Bonchev–Trinajstić information content (AvgIpc) is 3.33. The van der Waals surface area contributed by atoms with Gasteiger partial charge in [-0.15, -0.1) is 22.6 Å². The van der Waals surface area contributed by atoms with Crippen LogP contribution < -0.4 is 10.1 Å². The number of carbonyl (C=O) groups is 1. The number of tetrazole rings is 1. The number of piperidine rings is 1. The topological polar surface area (TPSA) is 113 Å². The standard InChI is InChI=1S/C23H24ClN5O3.ClH/c24-19-4-2-1-3-17(19)13-6-8-18(22-26-28-29-27-22)21(11-13)32-16-7-5-14-12-25-20(23(30)31)10-15(14)9-16;/h1-4,6,8,11,14-16,20,25H,5,7,9-10,12H2,(H,30,31)(H,26,27,28,29);1H/t14-,15+,16-,20-;/m0./s1. The Labute approximate surface area is 202 Å². The molecule has 3 N–H and O–H groups in total. The summed E-state index contributed by atoms with van der Waals surface area (Å²) in [5.41, 5.74) is 2.62. The summed E-state index contributed by atoms with van der Waals surface area (Å²) in [7, 11) is 0. The third-order valence-electron chi connectivity index (χ3n) is 6.60. The molecule has 5 rings (SSSR count). The number of benzene rings is 2. The minimum atomic E-state index is -0.779. The van der Waals surface area contributed by atoms with Crippen LogP contribution >= 0.6 is 24.0 Å². The SMILES string of the molecule is Cl.O=C(O)[C@@H]1C[C@H]2C[C@@H](Oc3cc(-c4ccccc4Cl)ccc3-c3nn[nH]n3)CC[C@H]2CN1. The van der Waals surface area contributed by atoms with E-state index in [2.05, 4.69) is 25.9 Å². The van der Waals surface area contributed by atoms with Crippen LogP contribution in [0, 0.1) is 11.8 Å². The molecule has 2 aliphatic rings. The number of rotatable bonds is 5. The fraction of sp³-hybridized carbons (Fsp3) is 0.391. The highest BCUT2D eigenvalue weighted by atomic mass is 35.5. The van der Waals surface area contributed by atoms with Gasteiger partial charge in [0.2, 0.25) is 5.82 Å². The summed E-state index contributed by atoms with van der Waals surface area (Å²) < 4.78 is 6.52. The van der Waals surface area contributed by atoms with Crippen molar-refractivity contribution >= 4 is 30.0 Å². The van der Waals surface area contributed by atoms with Crippen LogP contribution in [0.5, 0.6) is 5.75 Å². The quantitative estimate of drug-likeness (QED) is 0.491. The molecule has 0 amide bonds. The molecule has 1 aromatic heterocycles. The maximum absolute atomic E-state index is 11.4. The Morgan fingerprint density at radius 1 is 1.09 bits per heavy atom. The van der Waals surface area contributed by atoms with Crippen molar-refractivity contribution in [2.45, 2.75) is 37.8 Å². The number of ether oxygens (including phenoxy) is 1. The van der Waals surface area contributed by atoms with Gasteiger partial charge in [-0.3, -0.25) is 4.79 Å². The van der Waals surface area contributed by atoms with Crippen LogP contribution in [0.1, 0.15) is 25.7 Å². The summed E-state index contributed by atoms with van der Waals surface area (Å²) in [5, 5.41) is 27.7. The number of nitrogens with one attached hydrogen (secondary N) is 2. The van der Waals surface area contributed by atoms with Crippen molar-refractivity contribution in [2.75, 3.05) is 6.54 Å². The van der Waals surface area contributed by atoms with E-state index in [4.69, 9.17) is 16.3 Å². The summed E-state index contributed by atoms with van der Waals surface area (Å²) in [6.07, 6.45) is 3.39. The Hall–Kier alpha value is -2.68. The van der Waals surface area contributed by atoms with Crippen molar-refractivity contribution in [3.8, 4) is 28.3 Å². The molecule has 0 bridgehead atoms. The zero-order valence-corrected chi connectivity index (χ0v) is 19.4. The van der Waals surface area contributed by atoms with E-state index in [0.29, 0.717) is 34.9 Å². The molecule has 3 aromatic rings. The van der Waals surface area contributed by atoms with E-state index in [1.54, 1.807) is 0 Å². The molecule has 8 nitrogen and oxygen atoms in total. The van der Waals surface area contributed by atoms with E-state index in [0.717, 1.165) is 42.5 Å². The Morgan fingerprint density at radius 2 is 1.94 bits per heavy atom. The maximum Gasteiger partial charge on any atom is 0.320 e. The fourth-order valence-electron chi connectivity index (χ4n) is 4.94. The minimum absolute atomic E-state index is 0. The van der Waals surface area contributed by atoms with E-state index in [1.165, 1.54) is 0 Å². The van der Waals surface area contributed by atoms with Crippen LogP contribution in [0.2, 0.25) is 5.02 Å². The van der Waals surface area contributed by atoms with Crippen molar-refractivity contribution in [1.29, 1.82) is 0 Å². The number of halogens is 2. The molecule has 1 aliphatic carbocycles. The maximum atomic E-state index is 11.4. The number of aromatic amines is 1. The Bertz CT molecular complexity index is 1110. The normalized spacial score (nSPS) is 24.4.